The Morgan fingerprint density at radius 2 is 2.17 bits per heavy atom. The van der Waals surface area contributed by atoms with E-state index in [0.717, 1.165) is 5.69 Å². The molecule has 0 radical (unpaired) electrons. The van der Waals surface area contributed by atoms with E-state index in [-0.39, 0.29) is 17.3 Å². The van der Waals surface area contributed by atoms with Crippen LogP contribution in [-0.4, -0.2) is 33.3 Å². The minimum Gasteiger partial charge on any atom is -0.348 e. The summed E-state index contributed by atoms with van der Waals surface area (Å²) in [5, 5.41) is 10.4. The average Bonchev–Trinajstić information content (AvgIpc) is 3.18. The maximum absolute atomic E-state index is 12.3. The zero-order valence-electron chi connectivity index (χ0n) is 12.9. The molecule has 23 heavy (non-hydrogen) atoms. The number of hydrogen-bond acceptors (Lipinski definition) is 6. The number of H-pyrrole nitrogens is 1. The molecule has 9 nitrogen and oxygen atoms in total. The molecule has 10 heteroatoms. The van der Waals surface area contributed by atoms with Crippen LogP contribution in [0.3, 0.4) is 0 Å². The first-order valence-electron chi connectivity index (χ1n) is 6.84. The monoisotopic (exact) mass is 336 g/mol. The van der Waals surface area contributed by atoms with E-state index in [4.69, 9.17) is 4.52 Å². The molecule has 0 aliphatic carbocycles. The highest BCUT2D eigenvalue weighted by molar-refractivity contribution is 7.89. The molecule has 3 rings (SSSR count). The van der Waals surface area contributed by atoms with Gasteiger partial charge >= 0.3 is 0 Å². The van der Waals surface area contributed by atoms with E-state index in [0.29, 0.717) is 17.2 Å². The van der Waals surface area contributed by atoms with Crippen LogP contribution < -0.4 is 4.72 Å². The van der Waals surface area contributed by atoms with Crippen molar-refractivity contribution in [2.24, 2.45) is 7.05 Å². The Bertz CT molecular complexity index is 917. The summed E-state index contributed by atoms with van der Waals surface area (Å²) in [4.78, 5) is 4.33. The van der Waals surface area contributed by atoms with Gasteiger partial charge in [-0.2, -0.15) is 10.1 Å². The fourth-order valence-electron chi connectivity index (χ4n) is 2.29. The summed E-state index contributed by atoms with van der Waals surface area (Å²) in [7, 11) is -1.85. The van der Waals surface area contributed by atoms with Crippen LogP contribution in [0.15, 0.2) is 27.7 Å². The largest absolute Gasteiger partial charge is 0.348 e. The van der Waals surface area contributed by atoms with Crippen molar-refractivity contribution in [3.05, 3.63) is 35.6 Å². The fraction of sp³-hybridized carbons (Fsp3) is 0.308. The van der Waals surface area contributed by atoms with E-state index in [2.05, 4.69) is 25.1 Å². The SMILES string of the molecule is Cc1n[nH]c(C)c1S(=O)(=O)NCc1nc(-c2cccn2C)no1. The van der Waals surface area contributed by atoms with E-state index in [9.17, 15) is 8.42 Å². The zero-order valence-corrected chi connectivity index (χ0v) is 13.7. The highest BCUT2D eigenvalue weighted by Gasteiger charge is 2.23. The van der Waals surface area contributed by atoms with Gasteiger partial charge in [-0.3, -0.25) is 5.10 Å². The van der Waals surface area contributed by atoms with Crippen LogP contribution in [-0.2, 0) is 23.6 Å². The Kier molecular flexibility index (Phi) is 3.78. The van der Waals surface area contributed by atoms with Crippen LogP contribution in [0.5, 0.6) is 0 Å². The van der Waals surface area contributed by atoms with Crippen molar-refractivity contribution in [1.29, 1.82) is 0 Å². The van der Waals surface area contributed by atoms with Gasteiger partial charge < -0.3 is 9.09 Å². The predicted molar refractivity (Wildman–Crippen MR) is 80.8 cm³/mol. The average molecular weight is 336 g/mol. The van der Waals surface area contributed by atoms with Crippen molar-refractivity contribution in [2.75, 3.05) is 0 Å². The smallest absolute Gasteiger partial charge is 0.244 e. The fourth-order valence-corrected chi connectivity index (χ4v) is 3.63. The molecule has 122 valence electrons. The van der Waals surface area contributed by atoms with E-state index >= 15 is 0 Å². The third-order valence-corrected chi connectivity index (χ3v) is 5.05. The molecular weight excluding hydrogens is 320 g/mol. The van der Waals surface area contributed by atoms with Crippen LogP contribution in [0.1, 0.15) is 17.3 Å². The second-order valence-electron chi connectivity index (χ2n) is 5.10. The van der Waals surface area contributed by atoms with Crippen molar-refractivity contribution in [1.82, 2.24) is 29.6 Å². The molecule has 0 spiro atoms. The number of nitrogens with one attached hydrogen (secondary N) is 2. The number of aryl methyl sites for hydroxylation is 3. The van der Waals surface area contributed by atoms with Crippen molar-refractivity contribution in [2.45, 2.75) is 25.3 Å². The number of aromatic amines is 1. The molecule has 3 aromatic heterocycles. The van der Waals surface area contributed by atoms with Crippen molar-refractivity contribution >= 4 is 10.0 Å². The Morgan fingerprint density at radius 1 is 1.39 bits per heavy atom. The van der Waals surface area contributed by atoms with Crippen LogP contribution in [0.4, 0.5) is 0 Å². The van der Waals surface area contributed by atoms with E-state index in [1.54, 1.807) is 13.8 Å². The zero-order chi connectivity index (χ0) is 16.6. The lowest BCUT2D eigenvalue weighted by Gasteiger charge is -2.04. The highest BCUT2D eigenvalue weighted by atomic mass is 32.2. The van der Waals surface area contributed by atoms with Crippen LogP contribution in [0.25, 0.3) is 11.5 Å². The maximum Gasteiger partial charge on any atom is 0.244 e. The molecular formula is C13H16N6O3S. The standard InChI is InChI=1S/C13H16N6O3S/c1-8-12(9(2)17-16-8)23(20,21)14-7-11-15-13(18-22-11)10-5-4-6-19(10)3/h4-6,14H,7H2,1-3H3,(H,16,17). The normalized spacial score (nSPS) is 12.0. The molecule has 0 aliphatic rings. The molecule has 0 aromatic carbocycles. The molecule has 2 N–H and O–H groups in total. The second-order valence-corrected chi connectivity index (χ2v) is 6.81. The quantitative estimate of drug-likeness (QED) is 0.714. The minimum absolute atomic E-state index is 0.0934. The molecule has 0 saturated heterocycles. The van der Waals surface area contributed by atoms with Crippen molar-refractivity contribution < 1.29 is 12.9 Å². The topological polar surface area (TPSA) is 119 Å². The summed E-state index contributed by atoms with van der Waals surface area (Å²) in [6, 6.07) is 3.70. The van der Waals surface area contributed by atoms with Gasteiger partial charge in [-0.25, -0.2) is 13.1 Å². The Hall–Kier alpha value is -2.46. The molecule has 0 unspecified atom stereocenters. The number of sulfonamides is 1. The van der Waals surface area contributed by atoms with E-state index in [1.165, 1.54) is 0 Å². The lowest BCUT2D eigenvalue weighted by Crippen LogP contribution is -2.24. The first-order valence-corrected chi connectivity index (χ1v) is 8.32. The van der Waals surface area contributed by atoms with Gasteiger partial charge in [0.1, 0.15) is 4.90 Å². The Morgan fingerprint density at radius 3 is 2.78 bits per heavy atom. The lowest BCUT2D eigenvalue weighted by molar-refractivity contribution is 0.375. The van der Waals surface area contributed by atoms with Gasteiger partial charge in [0.05, 0.1) is 23.6 Å². The highest BCUT2D eigenvalue weighted by Crippen LogP contribution is 2.18. The summed E-state index contributed by atoms with van der Waals surface area (Å²) in [6.07, 6.45) is 1.86. The summed E-state index contributed by atoms with van der Waals surface area (Å²) in [5.74, 6) is 0.589. The molecule has 3 heterocycles. The van der Waals surface area contributed by atoms with E-state index < -0.39 is 10.0 Å². The first-order chi connectivity index (χ1) is 10.9. The van der Waals surface area contributed by atoms with E-state index in [1.807, 2.05) is 29.9 Å². The van der Waals surface area contributed by atoms with Gasteiger partial charge in [0.25, 0.3) is 0 Å². The van der Waals surface area contributed by atoms with Gasteiger partial charge in [0.2, 0.25) is 21.7 Å². The second kappa shape index (κ2) is 5.63. The number of aromatic nitrogens is 5. The number of rotatable bonds is 5. The molecule has 0 aliphatic heterocycles. The molecule has 0 saturated carbocycles. The van der Waals surface area contributed by atoms with Gasteiger partial charge in [0.15, 0.2) is 0 Å². The maximum atomic E-state index is 12.3. The van der Waals surface area contributed by atoms with Crippen LogP contribution in [0, 0.1) is 13.8 Å². The summed E-state index contributed by atoms with van der Waals surface area (Å²) < 4.78 is 34.0. The number of hydrogen-bond donors (Lipinski definition) is 2. The molecule has 0 bridgehead atoms. The third-order valence-electron chi connectivity index (χ3n) is 3.38. The van der Waals surface area contributed by atoms with Crippen LogP contribution in [0.2, 0.25) is 0 Å². The molecule has 0 fully saturated rings. The van der Waals surface area contributed by atoms with Gasteiger partial charge in [0, 0.05) is 13.2 Å². The molecule has 3 aromatic rings. The van der Waals surface area contributed by atoms with Gasteiger partial charge in [-0.05, 0) is 26.0 Å². The summed E-state index contributed by atoms with van der Waals surface area (Å²) >= 11 is 0. The predicted octanol–water partition coefficient (Wildman–Crippen LogP) is 0.894. The van der Waals surface area contributed by atoms with Crippen LogP contribution >= 0.6 is 0 Å². The first kappa shape index (κ1) is 15.4. The molecule has 0 atom stereocenters. The van der Waals surface area contributed by atoms with Gasteiger partial charge in [-0.1, -0.05) is 5.16 Å². The Labute approximate surface area is 132 Å². The van der Waals surface area contributed by atoms with Crippen molar-refractivity contribution in [3.63, 3.8) is 0 Å². The lowest BCUT2D eigenvalue weighted by atomic mass is 10.4. The summed E-state index contributed by atoms with van der Waals surface area (Å²) in [5.41, 5.74) is 1.67. The van der Waals surface area contributed by atoms with Gasteiger partial charge in [-0.15, -0.1) is 0 Å². The third kappa shape index (κ3) is 2.90. The molecule has 0 amide bonds. The minimum atomic E-state index is -3.71. The Balaban J connectivity index is 1.77. The number of nitrogens with zero attached hydrogens (tertiary/aromatic N) is 4. The summed E-state index contributed by atoms with van der Waals surface area (Å²) in [6.45, 7) is 3.18. The van der Waals surface area contributed by atoms with Crippen molar-refractivity contribution in [3.8, 4) is 11.5 Å².